The van der Waals surface area contributed by atoms with Crippen molar-refractivity contribution in [2.45, 2.75) is 0 Å². The summed E-state index contributed by atoms with van der Waals surface area (Å²) in [5.41, 5.74) is 2.07. The Bertz CT molecular complexity index is 672. The SMILES string of the molecule is O=C1OC(c2ccc(Br)cc2)=N/C1=C\c1ccsc1. The van der Waals surface area contributed by atoms with Gasteiger partial charge in [-0.25, -0.2) is 9.79 Å². The number of aliphatic imine (C=N–C) groups is 1. The molecule has 0 aliphatic carbocycles. The Morgan fingerprint density at radius 2 is 2.00 bits per heavy atom. The lowest BCUT2D eigenvalue weighted by Crippen LogP contribution is -2.05. The third kappa shape index (κ3) is 2.67. The molecule has 0 unspecified atom stereocenters. The summed E-state index contributed by atoms with van der Waals surface area (Å²) >= 11 is 4.93. The summed E-state index contributed by atoms with van der Waals surface area (Å²) in [5.74, 6) is -0.0666. The molecule has 0 fully saturated rings. The van der Waals surface area contributed by atoms with E-state index in [4.69, 9.17) is 4.74 Å². The maximum Gasteiger partial charge on any atom is 0.363 e. The van der Waals surface area contributed by atoms with E-state index in [0.717, 1.165) is 15.6 Å². The van der Waals surface area contributed by atoms with Crippen LogP contribution in [-0.4, -0.2) is 11.9 Å². The van der Waals surface area contributed by atoms with Crippen LogP contribution in [0.15, 0.2) is 56.3 Å². The molecule has 1 aliphatic rings. The van der Waals surface area contributed by atoms with E-state index in [-0.39, 0.29) is 0 Å². The van der Waals surface area contributed by atoms with E-state index >= 15 is 0 Å². The molecule has 0 amide bonds. The number of cyclic esters (lactones) is 1. The average Bonchev–Trinajstić information content (AvgIpc) is 3.02. The van der Waals surface area contributed by atoms with Gasteiger partial charge < -0.3 is 4.74 Å². The fourth-order valence-electron chi connectivity index (χ4n) is 1.64. The van der Waals surface area contributed by atoms with Gasteiger partial charge in [-0.3, -0.25) is 0 Å². The average molecular weight is 334 g/mol. The molecule has 3 rings (SSSR count). The van der Waals surface area contributed by atoms with Crippen LogP contribution in [-0.2, 0) is 9.53 Å². The highest BCUT2D eigenvalue weighted by Crippen LogP contribution is 2.21. The maximum atomic E-state index is 11.7. The molecule has 1 aromatic heterocycles. The molecule has 1 aromatic carbocycles. The van der Waals surface area contributed by atoms with Gasteiger partial charge in [-0.05, 0) is 52.7 Å². The molecule has 2 heterocycles. The molecule has 0 atom stereocenters. The van der Waals surface area contributed by atoms with E-state index in [9.17, 15) is 4.79 Å². The van der Waals surface area contributed by atoms with Crippen molar-refractivity contribution in [3.8, 4) is 0 Å². The largest absolute Gasteiger partial charge is 0.402 e. The van der Waals surface area contributed by atoms with Gasteiger partial charge in [0.05, 0.1) is 0 Å². The number of hydrogen-bond donors (Lipinski definition) is 0. The second-order valence-corrected chi connectivity index (χ2v) is 5.60. The Hall–Kier alpha value is -1.72. The molecule has 0 radical (unpaired) electrons. The van der Waals surface area contributed by atoms with Gasteiger partial charge in [-0.15, -0.1) is 0 Å². The number of esters is 1. The highest BCUT2D eigenvalue weighted by atomic mass is 79.9. The number of thiophene rings is 1. The summed E-state index contributed by atoms with van der Waals surface area (Å²) in [6, 6.07) is 9.39. The number of hydrogen-bond acceptors (Lipinski definition) is 4. The number of carbonyl (C=O) groups excluding carboxylic acids is 1. The van der Waals surface area contributed by atoms with Gasteiger partial charge in [0.25, 0.3) is 0 Å². The van der Waals surface area contributed by atoms with Crippen molar-refractivity contribution in [2.24, 2.45) is 4.99 Å². The predicted octanol–water partition coefficient (Wildman–Crippen LogP) is 3.86. The molecule has 0 bridgehead atoms. The van der Waals surface area contributed by atoms with Crippen LogP contribution in [0.4, 0.5) is 0 Å². The zero-order valence-electron chi connectivity index (χ0n) is 9.67. The first kappa shape index (κ1) is 12.3. The van der Waals surface area contributed by atoms with E-state index in [1.807, 2.05) is 41.1 Å². The van der Waals surface area contributed by atoms with Crippen molar-refractivity contribution >= 4 is 45.2 Å². The lowest BCUT2D eigenvalue weighted by atomic mass is 10.2. The Balaban J connectivity index is 1.93. The normalized spacial score (nSPS) is 16.6. The van der Waals surface area contributed by atoms with Crippen molar-refractivity contribution in [1.82, 2.24) is 0 Å². The van der Waals surface area contributed by atoms with Crippen molar-refractivity contribution in [1.29, 1.82) is 0 Å². The van der Waals surface area contributed by atoms with Gasteiger partial charge in [0.15, 0.2) is 5.70 Å². The number of benzene rings is 1. The van der Waals surface area contributed by atoms with E-state index in [1.54, 1.807) is 17.4 Å². The van der Waals surface area contributed by atoms with Crippen LogP contribution < -0.4 is 0 Å². The van der Waals surface area contributed by atoms with Crippen molar-refractivity contribution in [3.63, 3.8) is 0 Å². The molecule has 5 heteroatoms. The van der Waals surface area contributed by atoms with Crippen molar-refractivity contribution in [3.05, 3.63) is 62.4 Å². The Morgan fingerprint density at radius 1 is 1.21 bits per heavy atom. The first-order valence-corrected chi connectivity index (χ1v) is 7.27. The van der Waals surface area contributed by atoms with Crippen LogP contribution in [0.5, 0.6) is 0 Å². The fraction of sp³-hybridized carbons (Fsp3) is 0. The van der Waals surface area contributed by atoms with Crippen molar-refractivity contribution in [2.75, 3.05) is 0 Å². The minimum atomic E-state index is -0.413. The van der Waals surface area contributed by atoms with E-state index in [0.29, 0.717) is 11.6 Å². The zero-order valence-corrected chi connectivity index (χ0v) is 12.1. The van der Waals surface area contributed by atoms with Gasteiger partial charge in [-0.1, -0.05) is 15.9 Å². The molecule has 3 nitrogen and oxygen atoms in total. The summed E-state index contributed by atoms with van der Waals surface area (Å²) < 4.78 is 6.15. The summed E-state index contributed by atoms with van der Waals surface area (Å²) in [7, 11) is 0. The minimum absolute atomic E-state index is 0.330. The number of nitrogens with zero attached hydrogens (tertiary/aromatic N) is 1. The summed E-state index contributed by atoms with van der Waals surface area (Å²) in [5, 5.41) is 3.90. The Kier molecular flexibility index (Phi) is 3.31. The Morgan fingerprint density at radius 3 is 2.68 bits per heavy atom. The number of carbonyl (C=O) groups is 1. The van der Waals surface area contributed by atoms with E-state index < -0.39 is 5.97 Å². The van der Waals surface area contributed by atoms with Crippen LogP contribution in [0.2, 0.25) is 0 Å². The summed E-state index contributed by atoms with van der Waals surface area (Å²) in [4.78, 5) is 16.0. The van der Waals surface area contributed by atoms with Crippen LogP contribution in [0, 0.1) is 0 Å². The van der Waals surface area contributed by atoms with Gasteiger partial charge >= 0.3 is 5.97 Å². The van der Waals surface area contributed by atoms with E-state index in [1.165, 1.54) is 0 Å². The number of ether oxygens (including phenoxy) is 1. The first-order valence-electron chi connectivity index (χ1n) is 5.53. The molecule has 0 spiro atoms. The molecule has 0 N–H and O–H groups in total. The predicted molar refractivity (Wildman–Crippen MR) is 79.1 cm³/mol. The molecular formula is C14H8BrNO2S. The third-order valence-electron chi connectivity index (χ3n) is 2.56. The van der Waals surface area contributed by atoms with Gasteiger partial charge in [-0.2, -0.15) is 11.3 Å². The van der Waals surface area contributed by atoms with Crippen LogP contribution in [0.1, 0.15) is 11.1 Å². The molecular weight excluding hydrogens is 326 g/mol. The van der Waals surface area contributed by atoms with Crippen LogP contribution in [0.25, 0.3) is 6.08 Å². The highest BCUT2D eigenvalue weighted by Gasteiger charge is 2.23. The lowest BCUT2D eigenvalue weighted by Gasteiger charge is -1.98. The smallest absolute Gasteiger partial charge is 0.363 e. The molecule has 1 aliphatic heterocycles. The van der Waals surface area contributed by atoms with Gasteiger partial charge in [0.2, 0.25) is 5.90 Å². The van der Waals surface area contributed by atoms with Gasteiger partial charge in [0, 0.05) is 10.0 Å². The lowest BCUT2D eigenvalue weighted by molar-refractivity contribution is -0.129. The number of rotatable bonds is 2. The zero-order chi connectivity index (χ0) is 13.2. The molecule has 94 valence electrons. The summed E-state index contributed by atoms with van der Waals surface area (Å²) in [6.45, 7) is 0. The molecule has 19 heavy (non-hydrogen) atoms. The maximum absolute atomic E-state index is 11.7. The monoisotopic (exact) mass is 333 g/mol. The van der Waals surface area contributed by atoms with Crippen LogP contribution >= 0.6 is 27.3 Å². The first-order chi connectivity index (χ1) is 9.22. The quantitative estimate of drug-likeness (QED) is 0.618. The van der Waals surface area contributed by atoms with Gasteiger partial charge in [0.1, 0.15) is 0 Å². The molecule has 0 saturated heterocycles. The van der Waals surface area contributed by atoms with E-state index in [2.05, 4.69) is 20.9 Å². The van der Waals surface area contributed by atoms with Crippen LogP contribution in [0.3, 0.4) is 0 Å². The third-order valence-corrected chi connectivity index (χ3v) is 3.79. The minimum Gasteiger partial charge on any atom is -0.402 e. The highest BCUT2D eigenvalue weighted by molar-refractivity contribution is 9.10. The molecule has 0 saturated carbocycles. The molecule has 2 aromatic rings. The topological polar surface area (TPSA) is 38.7 Å². The second kappa shape index (κ2) is 5.11. The van der Waals surface area contributed by atoms with Crippen molar-refractivity contribution < 1.29 is 9.53 Å². The number of halogens is 1. The Labute approximate surface area is 122 Å². The standard InChI is InChI=1S/C14H8BrNO2S/c15-11-3-1-10(2-4-11)13-16-12(14(17)18-13)7-9-5-6-19-8-9/h1-8H/b12-7-. The fourth-order valence-corrected chi connectivity index (χ4v) is 2.52. The second-order valence-electron chi connectivity index (χ2n) is 3.90. The summed E-state index contributed by atoms with van der Waals surface area (Å²) in [6.07, 6.45) is 1.73.